The Balaban J connectivity index is 2.09. The SMILES string of the molecule is Cc1ccc2c(c1)C(N)C1(CC2)CC1. The van der Waals surface area contributed by atoms with Crippen molar-refractivity contribution in [2.24, 2.45) is 11.1 Å². The van der Waals surface area contributed by atoms with Gasteiger partial charge in [-0.25, -0.2) is 0 Å². The first-order valence-electron chi connectivity index (χ1n) is 5.56. The molecule has 1 aromatic carbocycles. The summed E-state index contributed by atoms with van der Waals surface area (Å²) in [5.41, 5.74) is 11.1. The molecule has 1 spiro atoms. The minimum absolute atomic E-state index is 0.311. The van der Waals surface area contributed by atoms with E-state index in [1.807, 2.05) is 0 Å². The summed E-state index contributed by atoms with van der Waals surface area (Å²) >= 11 is 0. The van der Waals surface area contributed by atoms with Gasteiger partial charge in [-0.1, -0.05) is 23.8 Å². The highest BCUT2D eigenvalue weighted by atomic mass is 14.8. The zero-order chi connectivity index (χ0) is 9.76. The van der Waals surface area contributed by atoms with Crippen molar-refractivity contribution in [2.45, 2.75) is 38.6 Å². The van der Waals surface area contributed by atoms with Crippen molar-refractivity contribution in [3.8, 4) is 0 Å². The summed E-state index contributed by atoms with van der Waals surface area (Å²) < 4.78 is 0. The summed E-state index contributed by atoms with van der Waals surface area (Å²) in [4.78, 5) is 0. The molecule has 2 aliphatic carbocycles. The third kappa shape index (κ3) is 1.05. The molecule has 1 atom stereocenters. The van der Waals surface area contributed by atoms with Crippen LogP contribution in [0.4, 0.5) is 0 Å². The number of nitrogens with two attached hydrogens (primary N) is 1. The zero-order valence-electron chi connectivity index (χ0n) is 8.72. The van der Waals surface area contributed by atoms with Crippen LogP contribution in [0.5, 0.6) is 0 Å². The average Bonchev–Trinajstić information content (AvgIpc) is 2.94. The van der Waals surface area contributed by atoms with Crippen LogP contribution in [0.1, 0.15) is 42.0 Å². The molecule has 74 valence electrons. The lowest BCUT2D eigenvalue weighted by molar-refractivity contribution is 0.354. The molecule has 0 saturated heterocycles. The Bertz CT molecular complexity index is 377. The second-order valence-electron chi connectivity index (χ2n) is 5.04. The molecule has 0 bridgehead atoms. The van der Waals surface area contributed by atoms with Gasteiger partial charge in [-0.2, -0.15) is 0 Å². The topological polar surface area (TPSA) is 26.0 Å². The molecule has 14 heavy (non-hydrogen) atoms. The van der Waals surface area contributed by atoms with Crippen LogP contribution in [0.15, 0.2) is 18.2 Å². The van der Waals surface area contributed by atoms with E-state index in [0.29, 0.717) is 11.5 Å². The molecule has 0 amide bonds. The van der Waals surface area contributed by atoms with E-state index in [1.165, 1.54) is 42.4 Å². The van der Waals surface area contributed by atoms with E-state index in [1.54, 1.807) is 0 Å². The van der Waals surface area contributed by atoms with E-state index in [2.05, 4.69) is 25.1 Å². The Morgan fingerprint density at radius 1 is 1.29 bits per heavy atom. The molecule has 1 aromatic rings. The summed E-state index contributed by atoms with van der Waals surface area (Å²) in [6.07, 6.45) is 5.25. The fraction of sp³-hybridized carbons (Fsp3) is 0.538. The number of fused-ring (bicyclic) bond motifs is 1. The third-order valence-corrected chi connectivity index (χ3v) is 4.08. The normalized spacial score (nSPS) is 27.4. The van der Waals surface area contributed by atoms with Crippen molar-refractivity contribution in [1.82, 2.24) is 0 Å². The predicted octanol–water partition coefficient (Wildman–Crippen LogP) is 2.72. The van der Waals surface area contributed by atoms with E-state index in [4.69, 9.17) is 5.73 Å². The Labute approximate surface area is 85.3 Å². The van der Waals surface area contributed by atoms with Gasteiger partial charge in [0.05, 0.1) is 0 Å². The van der Waals surface area contributed by atoms with Gasteiger partial charge in [0, 0.05) is 6.04 Å². The summed E-state index contributed by atoms with van der Waals surface area (Å²) in [7, 11) is 0. The van der Waals surface area contributed by atoms with Crippen LogP contribution >= 0.6 is 0 Å². The van der Waals surface area contributed by atoms with Gasteiger partial charge in [0.2, 0.25) is 0 Å². The third-order valence-electron chi connectivity index (χ3n) is 4.08. The highest BCUT2D eigenvalue weighted by Gasteiger charge is 2.50. The lowest BCUT2D eigenvalue weighted by Gasteiger charge is -2.31. The van der Waals surface area contributed by atoms with E-state index < -0.39 is 0 Å². The summed E-state index contributed by atoms with van der Waals surface area (Å²) in [5.74, 6) is 0. The first kappa shape index (κ1) is 8.49. The fourth-order valence-corrected chi connectivity index (χ4v) is 2.82. The maximum atomic E-state index is 6.36. The fourth-order valence-electron chi connectivity index (χ4n) is 2.82. The van der Waals surface area contributed by atoms with Gasteiger partial charge in [-0.15, -0.1) is 0 Å². The van der Waals surface area contributed by atoms with Crippen LogP contribution in [0.25, 0.3) is 0 Å². The molecule has 3 rings (SSSR count). The standard InChI is InChI=1S/C13H17N/c1-9-2-3-10-4-5-13(6-7-13)12(14)11(10)8-9/h2-3,8,12H,4-7,14H2,1H3. The summed E-state index contributed by atoms with van der Waals surface area (Å²) in [6, 6.07) is 7.07. The Morgan fingerprint density at radius 3 is 2.79 bits per heavy atom. The largest absolute Gasteiger partial charge is 0.323 e. The van der Waals surface area contributed by atoms with Crippen LogP contribution in [0.2, 0.25) is 0 Å². The zero-order valence-corrected chi connectivity index (χ0v) is 8.72. The molecule has 1 nitrogen and oxygen atoms in total. The highest BCUT2D eigenvalue weighted by Crippen LogP contribution is 2.59. The molecule has 1 fully saturated rings. The van der Waals surface area contributed by atoms with Gasteiger partial charge in [0.1, 0.15) is 0 Å². The summed E-state index contributed by atoms with van der Waals surface area (Å²) in [5, 5.41) is 0. The van der Waals surface area contributed by atoms with E-state index in [-0.39, 0.29) is 0 Å². The lowest BCUT2D eigenvalue weighted by Crippen LogP contribution is -2.28. The van der Waals surface area contributed by atoms with Gasteiger partial charge in [-0.3, -0.25) is 0 Å². The molecule has 1 unspecified atom stereocenters. The van der Waals surface area contributed by atoms with Crippen molar-refractivity contribution < 1.29 is 0 Å². The minimum atomic E-state index is 0.311. The number of rotatable bonds is 0. The maximum absolute atomic E-state index is 6.36. The first-order chi connectivity index (χ1) is 6.71. The number of hydrogen-bond acceptors (Lipinski definition) is 1. The first-order valence-corrected chi connectivity index (χ1v) is 5.56. The van der Waals surface area contributed by atoms with Crippen LogP contribution in [-0.2, 0) is 6.42 Å². The van der Waals surface area contributed by atoms with Crippen molar-refractivity contribution >= 4 is 0 Å². The van der Waals surface area contributed by atoms with Crippen LogP contribution in [-0.4, -0.2) is 0 Å². The van der Waals surface area contributed by atoms with Crippen molar-refractivity contribution in [2.75, 3.05) is 0 Å². The maximum Gasteiger partial charge on any atom is 0.0355 e. The molecule has 0 aliphatic heterocycles. The molecule has 1 heteroatoms. The van der Waals surface area contributed by atoms with Crippen molar-refractivity contribution in [3.63, 3.8) is 0 Å². The molecule has 2 N–H and O–H groups in total. The Morgan fingerprint density at radius 2 is 2.07 bits per heavy atom. The Hall–Kier alpha value is -0.820. The van der Waals surface area contributed by atoms with Crippen LogP contribution < -0.4 is 5.73 Å². The van der Waals surface area contributed by atoms with Crippen LogP contribution in [0, 0.1) is 12.3 Å². The quantitative estimate of drug-likeness (QED) is 0.664. The second-order valence-corrected chi connectivity index (χ2v) is 5.04. The smallest absolute Gasteiger partial charge is 0.0355 e. The highest BCUT2D eigenvalue weighted by molar-refractivity contribution is 5.38. The molecule has 0 heterocycles. The van der Waals surface area contributed by atoms with E-state index in [9.17, 15) is 0 Å². The molecule has 1 saturated carbocycles. The molecule has 0 aromatic heterocycles. The predicted molar refractivity (Wildman–Crippen MR) is 58.1 cm³/mol. The molecule has 0 radical (unpaired) electrons. The number of hydrogen-bond donors (Lipinski definition) is 1. The number of benzene rings is 1. The number of aryl methyl sites for hydroxylation is 2. The van der Waals surface area contributed by atoms with Gasteiger partial charge < -0.3 is 5.73 Å². The van der Waals surface area contributed by atoms with E-state index >= 15 is 0 Å². The molecular weight excluding hydrogens is 170 g/mol. The second kappa shape index (κ2) is 2.60. The van der Waals surface area contributed by atoms with Crippen molar-refractivity contribution in [3.05, 3.63) is 34.9 Å². The van der Waals surface area contributed by atoms with Crippen molar-refractivity contribution in [1.29, 1.82) is 0 Å². The van der Waals surface area contributed by atoms with Gasteiger partial charge >= 0.3 is 0 Å². The van der Waals surface area contributed by atoms with E-state index in [0.717, 1.165) is 0 Å². The monoisotopic (exact) mass is 187 g/mol. The van der Waals surface area contributed by atoms with Gasteiger partial charge in [-0.05, 0) is 49.1 Å². The lowest BCUT2D eigenvalue weighted by atomic mass is 9.77. The Kier molecular flexibility index (Phi) is 1.58. The average molecular weight is 187 g/mol. The minimum Gasteiger partial charge on any atom is -0.323 e. The molecule has 2 aliphatic rings. The molecular formula is C13H17N. The van der Waals surface area contributed by atoms with Gasteiger partial charge in [0.15, 0.2) is 0 Å². The van der Waals surface area contributed by atoms with Gasteiger partial charge in [0.25, 0.3) is 0 Å². The van der Waals surface area contributed by atoms with Crippen LogP contribution in [0.3, 0.4) is 0 Å². The summed E-state index contributed by atoms with van der Waals surface area (Å²) in [6.45, 7) is 2.15.